The fraction of sp³-hybridized carbons (Fsp3) is 0.227. The first-order valence-electron chi connectivity index (χ1n) is 9.32. The zero-order valence-corrected chi connectivity index (χ0v) is 17.1. The normalized spacial score (nSPS) is 11.1. The molecule has 4 rings (SSSR count). The Morgan fingerprint density at radius 2 is 1.97 bits per heavy atom. The van der Waals surface area contributed by atoms with Crippen LogP contribution in [-0.2, 0) is 7.05 Å². The van der Waals surface area contributed by atoms with E-state index >= 15 is 0 Å². The SMILES string of the molecule is Cc1cc(N(C)C)ccc1NC(=O)c1cc(-c2ccco2)nc2c1c(C)nn2C. The molecule has 0 aliphatic rings. The highest BCUT2D eigenvalue weighted by Gasteiger charge is 2.20. The van der Waals surface area contributed by atoms with Crippen molar-refractivity contribution >= 4 is 28.3 Å². The van der Waals surface area contributed by atoms with Crippen molar-refractivity contribution in [2.24, 2.45) is 7.05 Å². The van der Waals surface area contributed by atoms with E-state index in [4.69, 9.17) is 4.42 Å². The highest BCUT2D eigenvalue weighted by atomic mass is 16.3. The highest BCUT2D eigenvalue weighted by molar-refractivity contribution is 6.13. The number of anilines is 2. The van der Waals surface area contributed by atoms with Crippen LogP contribution in [0.15, 0.2) is 47.1 Å². The van der Waals surface area contributed by atoms with Gasteiger partial charge in [0.1, 0.15) is 5.69 Å². The van der Waals surface area contributed by atoms with Gasteiger partial charge in [0.25, 0.3) is 5.91 Å². The highest BCUT2D eigenvalue weighted by Crippen LogP contribution is 2.28. The van der Waals surface area contributed by atoms with Gasteiger partial charge in [-0.05, 0) is 55.8 Å². The molecule has 0 bridgehead atoms. The quantitative estimate of drug-likeness (QED) is 0.567. The van der Waals surface area contributed by atoms with Crippen molar-refractivity contribution < 1.29 is 9.21 Å². The predicted molar refractivity (Wildman–Crippen MR) is 114 cm³/mol. The molecule has 4 aromatic rings. The molecule has 7 heteroatoms. The Balaban J connectivity index is 1.79. The van der Waals surface area contributed by atoms with Gasteiger partial charge in [-0.3, -0.25) is 9.48 Å². The first-order chi connectivity index (χ1) is 13.8. The van der Waals surface area contributed by atoms with Gasteiger partial charge in [0.15, 0.2) is 11.4 Å². The number of rotatable bonds is 4. The monoisotopic (exact) mass is 389 g/mol. The second-order valence-corrected chi connectivity index (χ2v) is 7.29. The van der Waals surface area contributed by atoms with E-state index in [1.54, 1.807) is 23.1 Å². The van der Waals surface area contributed by atoms with E-state index in [1.165, 1.54) is 0 Å². The van der Waals surface area contributed by atoms with Crippen LogP contribution in [0, 0.1) is 13.8 Å². The second-order valence-electron chi connectivity index (χ2n) is 7.29. The van der Waals surface area contributed by atoms with E-state index < -0.39 is 0 Å². The molecule has 0 spiro atoms. The Hall–Kier alpha value is -3.61. The lowest BCUT2D eigenvalue weighted by Crippen LogP contribution is -2.15. The van der Waals surface area contributed by atoms with Crippen LogP contribution in [0.25, 0.3) is 22.5 Å². The predicted octanol–water partition coefficient (Wildman–Crippen LogP) is 4.16. The van der Waals surface area contributed by atoms with E-state index in [9.17, 15) is 4.79 Å². The maximum Gasteiger partial charge on any atom is 0.256 e. The molecule has 0 unspecified atom stereocenters. The van der Waals surface area contributed by atoms with Crippen molar-refractivity contribution in [2.75, 3.05) is 24.3 Å². The summed E-state index contributed by atoms with van der Waals surface area (Å²) in [6.45, 7) is 3.86. The molecule has 3 heterocycles. The molecule has 0 saturated heterocycles. The van der Waals surface area contributed by atoms with Crippen molar-refractivity contribution in [3.8, 4) is 11.5 Å². The molecule has 29 heavy (non-hydrogen) atoms. The zero-order chi connectivity index (χ0) is 20.7. The summed E-state index contributed by atoms with van der Waals surface area (Å²) in [5.41, 5.74) is 5.34. The Labute approximate surface area is 169 Å². The van der Waals surface area contributed by atoms with Gasteiger partial charge >= 0.3 is 0 Å². The molecule has 0 aliphatic carbocycles. The minimum atomic E-state index is -0.206. The molecule has 0 fully saturated rings. The Kier molecular flexibility index (Phi) is 4.58. The molecule has 1 amide bonds. The topological polar surface area (TPSA) is 76.2 Å². The summed E-state index contributed by atoms with van der Waals surface area (Å²) in [6.07, 6.45) is 1.59. The van der Waals surface area contributed by atoms with E-state index in [0.717, 1.165) is 28.0 Å². The number of hydrogen-bond acceptors (Lipinski definition) is 5. The lowest BCUT2D eigenvalue weighted by Gasteiger charge is -2.16. The van der Waals surface area contributed by atoms with Gasteiger partial charge in [-0.2, -0.15) is 5.10 Å². The van der Waals surface area contributed by atoms with Crippen molar-refractivity contribution in [3.63, 3.8) is 0 Å². The fourth-order valence-corrected chi connectivity index (χ4v) is 3.43. The molecule has 0 aliphatic heterocycles. The molecule has 1 aromatic carbocycles. The van der Waals surface area contributed by atoms with Gasteiger partial charge < -0.3 is 14.6 Å². The molecule has 148 valence electrons. The summed E-state index contributed by atoms with van der Waals surface area (Å²) in [5.74, 6) is 0.397. The van der Waals surface area contributed by atoms with Gasteiger partial charge in [-0.15, -0.1) is 0 Å². The minimum Gasteiger partial charge on any atom is -0.463 e. The molecule has 3 aromatic heterocycles. The minimum absolute atomic E-state index is 0.206. The Morgan fingerprint density at radius 1 is 1.17 bits per heavy atom. The summed E-state index contributed by atoms with van der Waals surface area (Å²) < 4.78 is 7.18. The summed E-state index contributed by atoms with van der Waals surface area (Å²) in [6, 6.07) is 11.3. The number of nitrogens with one attached hydrogen (secondary N) is 1. The average Bonchev–Trinajstić information content (AvgIpc) is 3.31. The third kappa shape index (κ3) is 3.35. The van der Waals surface area contributed by atoms with Crippen molar-refractivity contribution in [1.82, 2.24) is 14.8 Å². The third-order valence-corrected chi connectivity index (χ3v) is 4.96. The molecule has 0 radical (unpaired) electrons. The van der Waals surface area contributed by atoms with Gasteiger partial charge in [0.2, 0.25) is 0 Å². The number of furan rings is 1. The van der Waals surface area contributed by atoms with Crippen molar-refractivity contribution in [1.29, 1.82) is 0 Å². The zero-order valence-electron chi connectivity index (χ0n) is 17.1. The first-order valence-corrected chi connectivity index (χ1v) is 9.32. The van der Waals surface area contributed by atoms with Crippen LogP contribution < -0.4 is 10.2 Å². The summed E-state index contributed by atoms with van der Waals surface area (Å²) in [5, 5.41) is 8.23. The summed E-state index contributed by atoms with van der Waals surface area (Å²) in [7, 11) is 5.80. The first kappa shape index (κ1) is 18.7. The molecular weight excluding hydrogens is 366 g/mol. The molecule has 0 atom stereocenters. The van der Waals surface area contributed by atoms with Gasteiger partial charge in [0.05, 0.1) is 22.9 Å². The second kappa shape index (κ2) is 7.09. The van der Waals surface area contributed by atoms with Gasteiger partial charge in [0, 0.05) is 32.5 Å². The van der Waals surface area contributed by atoms with Crippen LogP contribution in [0.5, 0.6) is 0 Å². The molecular formula is C22H23N5O2. The summed E-state index contributed by atoms with van der Waals surface area (Å²) in [4.78, 5) is 20.0. The van der Waals surface area contributed by atoms with Gasteiger partial charge in [-0.1, -0.05) is 0 Å². The number of aryl methyl sites for hydroxylation is 3. The van der Waals surface area contributed by atoms with Crippen molar-refractivity contribution in [2.45, 2.75) is 13.8 Å². The molecule has 1 N–H and O–H groups in total. The number of pyridine rings is 1. The lowest BCUT2D eigenvalue weighted by molar-refractivity contribution is 0.102. The third-order valence-electron chi connectivity index (χ3n) is 4.96. The van der Waals surface area contributed by atoms with Gasteiger partial charge in [-0.25, -0.2) is 4.98 Å². The number of fused-ring (bicyclic) bond motifs is 1. The number of nitrogens with zero attached hydrogens (tertiary/aromatic N) is 4. The number of hydrogen-bond donors (Lipinski definition) is 1. The number of carbonyl (C=O) groups is 1. The van der Waals surface area contributed by atoms with Crippen LogP contribution in [0.4, 0.5) is 11.4 Å². The van der Waals surface area contributed by atoms with Crippen LogP contribution >= 0.6 is 0 Å². The standard InChI is InChI=1S/C22H23N5O2/c1-13-11-15(26(3)4)8-9-17(13)24-22(28)16-12-18(19-7-6-10-29-19)23-21-20(16)14(2)25-27(21)5/h6-12H,1-5H3,(H,24,28). The van der Waals surface area contributed by atoms with E-state index in [1.807, 2.05) is 64.2 Å². The maximum absolute atomic E-state index is 13.3. The van der Waals surface area contributed by atoms with E-state index in [0.29, 0.717) is 22.7 Å². The number of benzene rings is 1. The van der Waals surface area contributed by atoms with Crippen LogP contribution in [-0.4, -0.2) is 34.8 Å². The number of carbonyl (C=O) groups excluding carboxylic acids is 1. The van der Waals surface area contributed by atoms with Crippen LogP contribution in [0.2, 0.25) is 0 Å². The van der Waals surface area contributed by atoms with E-state index in [2.05, 4.69) is 15.4 Å². The van der Waals surface area contributed by atoms with Crippen LogP contribution in [0.1, 0.15) is 21.6 Å². The molecule has 7 nitrogen and oxygen atoms in total. The molecule has 0 saturated carbocycles. The average molecular weight is 389 g/mol. The Bertz CT molecular complexity index is 1210. The lowest BCUT2D eigenvalue weighted by atomic mass is 10.1. The van der Waals surface area contributed by atoms with Crippen LogP contribution in [0.3, 0.4) is 0 Å². The fourth-order valence-electron chi connectivity index (χ4n) is 3.43. The number of aromatic nitrogens is 3. The summed E-state index contributed by atoms with van der Waals surface area (Å²) >= 11 is 0. The van der Waals surface area contributed by atoms with E-state index in [-0.39, 0.29) is 5.91 Å². The smallest absolute Gasteiger partial charge is 0.256 e. The number of amides is 1. The Morgan fingerprint density at radius 3 is 2.62 bits per heavy atom. The maximum atomic E-state index is 13.3. The van der Waals surface area contributed by atoms with Crippen molar-refractivity contribution in [3.05, 3.63) is 59.5 Å². The largest absolute Gasteiger partial charge is 0.463 e.